The monoisotopic (exact) mass is 456 g/mol. The summed E-state index contributed by atoms with van der Waals surface area (Å²) >= 11 is 1.61. The maximum absolute atomic E-state index is 13.0. The molecule has 0 radical (unpaired) electrons. The quantitative estimate of drug-likeness (QED) is 0.294. The average Bonchev–Trinajstić information content (AvgIpc) is 3.12. The van der Waals surface area contributed by atoms with E-state index in [0.717, 1.165) is 27.6 Å². The third-order valence-corrected chi connectivity index (χ3v) is 6.73. The van der Waals surface area contributed by atoms with Gasteiger partial charge in [0.05, 0.1) is 12.6 Å². The Balaban J connectivity index is 1.72. The van der Waals surface area contributed by atoms with Gasteiger partial charge in [-0.3, -0.25) is 4.79 Å². The standard InChI is InChI=1S/C28H28N2O2S/c1-4-32-24-17-15-23(16-18-24)29-26(21-11-7-5-8-12-21)25-19(2)20(3)33-28(25)30-27(31)22-13-9-6-10-14-22/h5-18,26,29H,4H2,1-3H3,(H,30,31)/t26-/m1/s1. The van der Waals surface area contributed by atoms with Gasteiger partial charge in [0.25, 0.3) is 5.91 Å². The molecule has 0 bridgehead atoms. The van der Waals surface area contributed by atoms with E-state index < -0.39 is 0 Å². The van der Waals surface area contributed by atoms with Crippen LogP contribution >= 0.6 is 11.3 Å². The van der Waals surface area contributed by atoms with Crippen LogP contribution in [0.1, 0.15) is 44.9 Å². The Morgan fingerprint density at radius 3 is 2.18 bits per heavy atom. The molecule has 4 rings (SSSR count). The highest BCUT2D eigenvalue weighted by atomic mass is 32.1. The molecular formula is C28H28N2O2S. The predicted octanol–water partition coefficient (Wildman–Crippen LogP) is 7.22. The Kier molecular flexibility index (Phi) is 7.10. The van der Waals surface area contributed by atoms with E-state index in [9.17, 15) is 4.79 Å². The van der Waals surface area contributed by atoms with Crippen molar-refractivity contribution >= 4 is 27.9 Å². The topological polar surface area (TPSA) is 50.4 Å². The molecule has 0 spiro atoms. The summed E-state index contributed by atoms with van der Waals surface area (Å²) in [6.45, 7) is 6.83. The minimum Gasteiger partial charge on any atom is -0.494 e. The predicted molar refractivity (Wildman–Crippen MR) is 138 cm³/mol. The fourth-order valence-electron chi connectivity index (χ4n) is 3.80. The van der Waals surface area contributed by atoms with E-state index in [1.54, 1.807) is 11.3 Å². The molecule has 0 aliphatic rings. The second-order valence-corrected chi connectivity index (χ2v) is 9.02. The van der Waals surface area contributed by atoms with Crippen molar-refractivity contribution in [2.45, 2.75) is 26.8 Å². The molecule has 0 aliphatic heterocycles. The third kappa shape index (κ3) is 5.26. The number of nitrogens with one attached hydrogen (secondary N) is 2. The lowest BCUT2D eigenvalue weighted by molar-refractivity contribution is 0.102. The van der Waals surface area contributed by atoms with E-state index in [0.29, 0.717) is 12.2 Å². The van der Waals surface area contributed by atoms with Crippen LogP contribution in [-0.2, 0) is 0 Å². The van der Waals surface area contributed by atoms with E-state index in [2.05, 4.69) is 36.6 Å². The van der Waals surface area contributed by atoms with Crippen LogP contribution in [0.25, 0.3) is 0 Å². The van der Waals surface area contributed by atoms with Crippen LogP contribution in [0, 0.1) is 13.8 Å². The molecule has 0 saturated carbocycles. The van der Waals surface area contributed by atoms with Crippen LogP contribution in [0.15, 0.2) is 84.9 Å². The molecular weight excluding hydrogens is 428 g/mol. The zero-order valence-electron chi connectivity index (χ0n) is 19.1. The van der Waals surface area contributed by atoms with E-state index in [4.69, 9.17) is 4.74 Å². The first-order valence-corrected chi connectivity index (χ1v) is 11.9. The number of carbonyl (C=O) groups excluding carboxylic acids is 1. The second-order valence-electron chi connectivity index (χ2n) is 7.79. The van der Waals surface area contributed by atoms with Crippen LogP contribution in [0.5, 0.6) is 5.75 Å². The number of benzene rings is 3. The Bertz CT molecular complexity index is 1200. The van der Waals surface area contributed by atoms with Crippen molar-refractivity contribution in [3.8, 4) is 5.75 Å². The zero-order chi connectivity index (χ0) is 23.2. The van der Waals surface area contributed by atoms with Crippen LogP contribution in [0.2, 0.25) is 0 Å². The lowest BCUT2D eigenvalue weighted by Crippen LogP contribution is -2.17. The molecule has 2 N–H and O–H groups in total. The van der Waals surface area contributed by atoms with Crippen LogP contribution < -0.4 is 15.4 Å². The summed E-state index contributed by atoms with van der Waals surface area (Å²) in [7, 11) is 0. The van der Waals surface area contributed by atoms with Gasteiger partial charge in [0.1, 0.15) is 10.8 Å². The Labute approximate surface area is 199 Å². The first-order chi connectivity index (χ1) is 16.1. The first-order valence-electron chi connectivity index (χ1n) is 11.1. The van der Waals surface area contributed by atoms with Gasteiger partial charge in [-0.15, -0.1) is 11.3 Å². The lowest BCUT2D eigenvalue weighted by atomic mass is 9.96. The highest BCUT2D eigenvalue weighted by molar-refractivity contribution is 7.16. The van der Waals surface area contributed by atoms with Gasteiger partial charge in [-0.1, -0.05) is 48.5 Å². The average molecular weight is 457 g/mol. The number of rotatable bonds is 8. The molecule has 0 unspecified atom stereocenters. The number of carbonyl (C=O) groups is 1. The molecule has 1 heterocycles. The summed E-state index contributed by atoms with van der Waals surface area (Å²) in [5, 5.41) is 7.73. The number of ether oxygens (including phenoxy) is 1. The van der Waals surface area contributed by atoms with Gasteiger partial charge < -0.3 is 15.4 Å². The Hall–Kier alpha value is -3.57. The largest absolute Gasteiger partial charge is 0.494 e. The SMILES string of the molecule is CCOc1ccc(N[C@H](c2ccccc2)c2c(NC(=O)c3ccccc3)sc(C)c2C)cc1. The zero-order valence-corrected chi connectivity index (χ0v) is 19.9. The number of aryl methyl sites for hydroxylation is 1. The van der Waals surface area contributed by atoms with Crippen LogP contribution in [0.4, 0.5) is 10.7 Å². The molecule has 1 aromatic heterocycles. The van der Waals surface area contributed by atoms with Gasteiger partial charge in [0, 0.05) is 21.7 Å². The lowest BCUT2D eigenvalue weighted by Gasteiger charge is -2.23. The van der Waals surface area contributed by atoms with Gasteiger partial charge in [0.2, 0.25) is 0 Å². The maximum Gasteiger partial charge on any atom is 0.256 e. The minimum atomic E-state index is -0.125. The molecule has 5 heteroatoms. The van der Waals surface area contributed by atoms with Gasteiger partial charge in [0.15, 0.2) is 0 Å². The Morgan fingerprint density at radius 1 is 0.909 bits per heavy atom. The Morgan fingerprint density at radius 2 is 1.55 bits per heavy atom. The summed E-state index contributed by atoms with van der Waals surface area (Å²) in [6.07, 6.45) is 0. The van der Waals surface area contributed by atoms with Crippen molar-refractivity contribution in [3.05, 3.63) is 112 Å². The molecule has 1 atom stereocenters. The van der Waals surface area contributed by atoms with Crippen LogP contribution in [0.3, 0.4) is 0 Å². The van der Waals surface area contributed by atoms with Crippen molar-refractivity contribution in [2.75, 3.05) is 17.2 Å². The summed E-state index contributed by atoms with van der Waals surface area (Å²) < 4.78 is 5.59. The van der Waals surface area contributed by atoms with E-state index in [1.165, 1.54) is 10.4 Å². The van der Waals surface area contributed by atoms with Gasteiger partial charge in [-0.05, 0) is 68.3 Å². The molecule has 1 amide bonds. The smallest absolute Gasteiger partial charge is 0.256 e. The third-order valence-electron chi connectivity index (χ3n) is 5.59. The number of hydrogen-bond acceptors (Lipinski definition) is 4. The number of thiophene rings is 1. The van der Waals surface area contributed by atoms with Crippen molar-refractivity contribution in [1.29, 1.82) is 0 Å². The second kappa shape index (κ2) is 10.4. The molecule has 0 fully saturated rings. The molecule has 33 heavy (non-hydrogen) atoms. The first kappa shape index (κ1) is 22.6. The van der Waals surface area contributed by atoms with Crippen molar-refractivity contribution in [2.24, 2.45) is 0 Å². The highest BCUT2D eigenvalue weighted by Gasteiger charge is 2.25. The number of hydrogen-bond donors (Lipinski definition) is 2. The molecule has 0 saturated heterocycles. The van der Waals surface area contributed by atoms with Gasteiger partial charge in [-0.2, -0.15) is 0 Å². The molecule has 168 valence electrons. The highest BCUT2D eigenvalue weighted by Crippen LogP contribution is 2.41. The van der Waals surface area contributed by atoms with Gasteiger partial charge in [-0.25, -0.2) is 0 Å². The summed E-state index contributed by atoms with van der Waals surface area (Å²) in [4.78, 5) is 14.1. The molecule has 3 aromatic carbocycles. The molecule has 4 aromatic rings. The molecule has 4 nitrogen and oxygen atoms in total. The summed E-state index contributed by atoms with van der Waals surface area (Å²) in [5.41, 5.74) is 5.01. The fraction of sp³-hybridized carbons (Fsp3) is 0.179. The number of anilines is 2. The maximum atomic E-state index is 13.0. The normalized spacial score (nSPS) is 11.6. The van der Waals surface area contributed by atoms with Crippen molar-refractivity contribution in [3.63, 3.8) is 0 Å². The van der Waals surface area contributed by atoms with Crippen molar-refractivity contribution < 1.29 is 9.53 Å². The van der Waals surface area contributed by atoms with E-state index in [1.807, 2.05) is 79.7 Å². The fourth-order valence-corrected chi connectivity index (χ4v) is 4.89. The summed E-state index contributed by atoms with van der Waals surface area (Å²) in [6, 6.07) is 27.5. The summed E-state index contributed by atoms with van der Waals surface area (Å²) in [5.74, 6) is 0.740. The molecule has 0 aliphatic carbocycles. The van der Waals surface area contributed by atoms with Crippen LogP contribution in [-0.4, -0.2) is 12.5 Å². The van der Waals surface area contributed by atoms with Crippen molar-refractivity contribution in [1.82, 2.24) is 0 Å². The van der Waals surface area contributed by atoms with E-state index >= 15 is 0 Å². The number of amides is 1. The minimum absolute atomic E-state index is 0.106. The van der Waals surface area contributed by atoms with E-state index in [-0.39, 0.29) is 11.9 Å². The van der Waals surface area contributed by atoms with Gasteiger partial charge >= 0.3 is 0 Å².